The van der Waals surface area contributed by atoms with Gasteiger partial charge in [0.25, 0.3) is 0 Å². The minimum atomic E-state index is -0.865. The molecule has 0 unspecified atom stereocenters. The van der Waals surface area contributed by atoms with E-state index in [1.807, 2.05) is 31.2 Å². The molecule has 1 amide bonds. The van der Waals surface area contributed by atoms with Gasteiger partial charge in [0.1, 0.15) is 5.54 Å². The number of aryl methyl sites for hydroxylation is 1. The molecule has 1 fully saturated rings. The second-order valence-corrected chi connectivity index (χ2v) is 4.81. The van der Waals surface area contributed by atoms with Crippen LogP contribution in [0.2, 0.25) is 0 Å². The summed E-state index contributed by atoms with van der Waals surface area (Å²) in [6, 6.07) is 7.99. The van der Waals surface area contributed by atoms with Gasteiger partial charge in [0.15, 0.2) is 0 Å². The summed E-state index contributed by atoms with van der Waals surface area (Å²) in [5.74, 6) is -0.576. The molecular formula is C14H17NO3. The number of benzene rings is 1. The molecule has 0 spiro atoms. The molecular weight excluding hydrogens is 230 g/mol. The fourth-order valence-corrected chi connectivity index (χ4v) is 2.38. The zero-order valence-electron chi connectivity index (χ0n) is 10.8. The second kappa shape index (κ2) is 4.44. The van der Waals surface area contributed by atoms with E-state index in [2.05, 4.69) is 5.32 Å². The lowest BCUT2D eigenvalue weighted by Crippen LogP contribution is -2.44. The average Bonchev–Trinajstić information content (AvgIpc) is 3.03. The van der Waals surface area contributed by atoms with Gasteiger partial charge in [0.2, 0.25) is 5.91 Å². The lowest BCUT2D eigenvalue weighted by atomic mass is 10.0. The summed E-state index contributed by atoms with van der Waals surface area (Å²) in [5, 5.41) is 2.73. The molecule has 4 nitrogen and oxygen atoms in total. The molecule has 1 N–H and O–H groups in total. The molecule has 0 bridgehead atoms. The van der Waals surface area contributed by atoms with E-state index in [0.717, 1.165) is 5.56 Å². The van der Waals surface area contributed by atoms with E-state index in [0.29, 0.717) is 6.42 Å². The third kappa shape index (κ3) is 2.10. The second-order valence-electron chi connectivity index (χ2n) is 4.81. The van der Waals surface area contributed by atoms with Gasteiger partial charge in [-0.2, -0.15) is 0 Å². The number of carbonyl (C=O) groups is 2. The van der Waals surface area contributed by atoms with Crippen LogP contribution in [0.3, 0.4) is 0 Å². The summed E-state index contributed by atoms with van der Waals surface area (Å²) in [5.41, 5.74) is 1.36. The van der Waals surface area contributed by atoms with Crippen LogP contribution in [0.1, 0.15) is 30.4 Å². The van der Waals surface area contributed by atoms with E-state index in [-0.39, 0.29) is 17.8 Å². The summed E-state index contributed by atoms with van der Waals surface area (Å²) in [4.78, 5) is 23.1. The van der Waals surface area contributed by atoms with Crippen molar-refractivity contribution in [3.05, 3.63) is 35.4 Å². The Morgan fingerprint density at radius 2 is 1.94 bits per heavy atom. The van der Waals surface area contributed by atoms with Crippen LogP contribution in [-0.2, 0) is 14.3 Å². The molecule has 0 aromatic heterocycles. The topological polar surface area (TPSA) is 55.4 Å². The first kappa shape index (κ1) is 12.6. The quantitative estimate of drug-likeness (QED) is 0.824. The largest absolute Gasteiger partial charge is 0.467 e. The molecule has 0 aliphatic heterocycles. The average molecular weight is 247 g/mol. The fraction of sp³-hybridized carbons (Fsp3) is 0.429. The minimum Gasteiger partial charge on any atom is -0.467 e. The Labute approximate surface area is 106 Å². The lowest BCUT2D eigenvalue weighted by Gasteiger charge is -2.16. The first-order valence-electron chi connectivity index (χ1n) is 5.93. The molecule has 1 aliphatic carbocycles. The van der Waals surface area contributed by atoms with Crippen molar-refractivity contribution >= 4 is 11.9 Å². The summed E-state index contributed by atoms with van der Waals surface area (Å²) in [7, 11) is 1.34. The number of methoxy groups -OCH3 is 1. The Balaban J connectivity index is 2.24. The highest BCUT2D eigenvalue weighted by atomic mass is 16.5. The van der Waals surface area contributed by atoms with Crippen molar-refractivity contribution in [1.29, 1.82) is 0 Å². The van der Waals surface area contributed by atoms with Gasteiger partial charge in [-0.3, -0.25) is 4.79 Å². The highest BCUT2D eigenvalue weighted by molar-refractivity contribution is 5.92. The summed E-state index contributed by atoms with van der Waals surface area (Å²) in [6.45, 7) is 3.42. The highest BCUT2D eigenvalue weighted by Crippen LogP contribution is 2.52. The molecule has 2 atom stereocenters. The van der Waals surface area contributed by atoms with E-state index in [1.165, 1.54) is 19.6 Å². The zero-order valence-corrected chi connectivity index (χ0v) is 10.8. The molecule has 0 radical (unpaired) electrons. The third-order valence-corrected chi connectivity index (χ3v) is 3.39. The molecule has 1 aromatic rings. The molecule has 0 saturated heterocycles. The van der Waals surface area contributed by atoms with E-state index in [4.69, 9.17) is 4.74 Å². The molecule has 96 valence electrons. The Hall–Kier alpha value is -1.84. The number of amides is 1. The normalized spacial score (nSPS) is 25.4. The van der Waals surface area contributed by atoms with Crippen molar-refractivity contribution < 1.29 is 14.3 Å². The van der Waals surface area contributed by atoms with Gasteiger partial charge in [-0.15, -0.1) is 0 Å². The van der Waals surface area contributed by atoms with Gasteiger partial charge in [-0.1, -0.05) is 29.8 Å². The van der Waals surface area contributed by atoms with Gasteiger partial charge in [0.05, 0.1) is 7.11 Å². The summed E-state index contributed by atoms with van der Waals surface area (Å²) < 4.78 is 4.80. The van der Waals surface area contributed by atoms with Crippen LogP contribution in [0.4, 0.5) is 0 Å². The SMILES string of the molecule is COC(=O)[C@]1(NC(C)=O)C[C@@H]1c1ccc(C)cc1. The van der Waals surface area contributed by atoms with Gasteiger partial charge in [-0.25, -0.2) is 4.79 Å². The molecule has 4 heteroatoms. The molecule has 1 saturated carbocycles. The monoisotopic (exact) mass is 247 g/mol. The minimum absolute atomic E-state index is 0.00875. The maximum absolute atomic E-state index is 11.8. The molecule has 0 heterocycles. The Kier molecular flexibility index (Phi) is 3.11. The zero-order chi connectivity index (χ0) is 13.3. The van der Waals surface area contributed by atoms with E-state index < -0.39 is 5.54 Å². The fourth-order valence-electron chi connectivity index (χ4n) is 2.38. The van der Waals surface area contributed by atoms with Crippen molar-refractivity contribution in [2.45, 2.75) is 31.7 Å². The molecule has 1 aromatic carbocycles. The smallest absolute Gasteiger partial charge is 0.332 e. The number of hydrogen-bond donors (Lipinski definition) is 1. The maximum atomic E-state index is 11.8. The van der Waals surface area contributed by atoms with Crippen molar-refractivity contribution in [3.63, 3.8) is 0 Å². The first-order valence-corrected chi connectivity index (χ1v) is 5.93. The molecule has 18 heavy (non-hydrogen) atoms. The highest BCUT2D eigenvalue weighted by Gasteiger charge is 2.62. The van der Waals surface area contributed by atoms with Crippen LogP contribution in [0.15, 0.2) is 24.3 Å². The van der Waals surface area contributed by atoms with Crippen molar-refractivity contribution in [3.8, 4) is 0 Å². The number of nitrogens with one attached hydrogen (secondary N) is 1. The predicted molar refractivity (Wildman–Crippen MR) is 67.1 cm³/mol. The van der Waals surface area contributed by atoms with Gasteiger partial charge < -0.3 is 10.1 Å². The van der Waals surface area contributed by atoms with Crippen LogP contribution >= 0.6 is 0 Å². The third-order valence-electron chi connectivity index (χ3n) is 3.39. The number of esters is 1. The standard InChI is InChI=1S/C14H17NO3/c1-9-4-6-11(7-5-9)12-8-14(12,13(17)18-3)15-10(2)16/h4-7,12H,8H2,1-3H3,(H,15,16)/t12-,14+/m1/s1. The predicted octanol–water partition coefficient (Wildman–Crippen LogP) is 1.53. The van der Waals surface area contributed by atoms with Crippen molar-refractivity contribution in [2.24, 2.45) is 0 Å². The molecule has 1 aliphatic rings. The van der Waals surface area contributed by atoms with Crippen LogP contribution in [0.5, 0.6) is 0 Å². The maximum Gasteiger partial charge on any atom is 0.332 e. The lowest BCUT2D eigenvalue weighted by molar-refractivity contribution is -0.146. The van der Waals surface area contributed by atoms with Crippen LogP contribution in [0.25, 0.3) is 0 Å². The number of rotatable bonds is 3. The number of ether oxygens (including phenoxy) is 1. The summed E-state index contributed by atoms with van der Waals surface area (Å²) in [6.07, 6.45) is 0.600. The Morgan fingerprint density at radius 1 is 1.33 bits per heavy atom. The van der Waals surface area contributed by atoms with Crippen molar-refractivity contribution in [2.75, 3.05) is 7.11 Å². The van der Waals surface area contributed by atoms with Crippen LogP contribution in [0, 0.1) is 6.92 Å². The Bertz CT molecular complexity index is 480. The number of hydrogen-bond acceptors (Lipinski definition) is 3. The summed E-state index contributed by atoms with van der Waals surface area (Å²) >= 11 is 0. The van der Waals surface area contributed by atoms with Crippen molar-refractivity contribution in [1.82, 2.24) is 5.32 Å². The van der Waals surface area contributed by atoms with Crippen LogP contribution in [-0.4, -0.2) is 24.5 Å². The van der Waals surface area contributed by atoms with Crippen LogP contribution < -0.4 is 5.32 Å². The van der Waals surface area contributed by atoms with Gasteiger partial charge in [-0.05, 0) is 18.9 Å². The Morgan fingerprint density at radius 3 is 2.44 bits per heavy atom. The first-order chi connectivity index (χ1) is 8.49. The number of carbonyl (C=O) groups excluding carboxylic acids is 2. The van der Waals surface area contributed by atoms with E-state index in [9.17, 15) is 9.59 Å². The van der Waals surface area contributed by atoms with E-state index in [1.54, 1.807) is 0 Å². The van der Waals surface area contributed by atoms with E-state index >= 15 is 0 Å². The van der Waals surface area contributed by atoms with Gasteiger partial charge >= 0.3 is 5.97 Å². The molecule has 2 rings (SSSR count). The van der Waals surface area contributed by atoms with Gasteiger partial charge in [0, 0.05) is 12.8 Å².